The molecule has 0 radical (unpaired) electrons. The predicted octanol–water partition coefficient (Wildman–Crippen LogP) is 4.81. The van der Waals surface area contributed by atoms with Gasteiger partial charge in [0.15, 0.2) is 0 Å². The van der Waals surface area contributed by atoms with E-state index in [1.807, 2.05) is 13.0 Å². The van der Waals surface area contributed by atoms with E-state index < -0.39 is 0 Å². The van der Waals surface area contributed by atoms with Crippen LogP contribution >= 0.6 is 22.7 Å². The summed E-state index contributed by atoms with van der Waals surface area (Å²) >= 11 is 3.16. The number of thiophene rings is 2. The quantitative estimate of drug-likeness (QED) is 0.647. The number of carbonyl (C=O) groups is 1. The van der Waals surface area contributed by atoms with E-state index in [1.54, 1.807) is 11.3 Å². The third-order valence-corrected chi connectivity index (χ3v) is 4.63. The maximum absolute atomic E-state index is 11.7. The SMILES string of the molecule is CCOC(=O)c1cc2cc(-c3ccsc3)ccc2s1. The second-order valence-corrected chi connectivity index (χ2v) is 5.96. The van der Waals surface area contributed by atoms with Crippen molar-refractivity contribution in [2.24, 2.45) is 0 Å². The lowest BCUT2D eigenvalue weighted by molar-refractivity contribution is 0.0532. The molecule has 0 amide bonds. The maximum atomic E-state index is 11.7. The van der Waals surface area contributed by atoms with Crippen LogP contribution < -0.4 is 0 Å². The van der Waals surface area contributed by atoms with E-state index in [9.17, 15) is 4.79 Å². The molecule has 0 bridgehead atoms. The van der Waals surface area contributed by atoms with Gasteiger partial charge in [-0.2, -0.15) is 11.3 Å². The van der Waals surface area contributed by atoms with E-state index in [-0.39, 0.29) is 5.97 Å². The lowest BCUT2D eigenvalue weighted by atomic mass is 10.1. The second kappa shape index (κ2) is 5.15. The molecular weight excluding hydrogens is 276 g/mol. The lowest BCUT2D eigenvalue weighted by Gasteiger charge is -1.97. The first-order valence-corrected chi connectivity index (χ1v) is 7.77. The average molecular weight is 288 g/mol. The molecular formula is C15H12O2S2. The number of hydrogen-bond donors (Lipinski definition) is 0. The molecule has 0 saturated heterocycles. The molecule has 96 valence electrons. The third kappa shape index (κ3) is 2.41. The van der Waals surface area contributed by atoms with Crippen molar-refractivity contribution in [3.63, 3.8) is 0 Å². The molecule has 0 aliphatic carbocycles. The first kappa shape index (κ1) is 12.4. The highest BCUT2D eigenvalue weighted by Crippen LogP contribution is 2.31. The number of esters is 1. The highest BCUT2D eigenvalue weighted by molar-refractivity contribution is 7.20. The molecule has 2 nitrogen and oxygen atoms in total. The summed E-state index contributed by atoms with van der Waals surface area (Å²) < 4.78 is 6.15. The van der Waals surface area contributed by atoms with E-state index in [4.69, 9.17) is 4.74 Å². The van der Waals surface area contributed by atoms with Gasteiger partial charge in [0.25, 0.3) is 0 Å². The smallest absolute Gasteiger partial charge is 0.348 e. The molecule has 0 atom stereocenters. The van der Waals surface area contributed by atoms with Crippen LogP contribution in [0.2, 0.25) is 0 Å². The van der Waals surface area contributed by atoms with Crippen LogP contribution in [0.5, 0.6) is 0 Å². The summed E-state index contributed by atoms with van der Waals surface area (Å²) in [6.07, 6.45) is 0. The number of fused-ring (bicyclic) bond motifs is 1. The number of hydrogen-bond acceptors (Lipinski definition) is 4. The summed E-state index contributed by atoms with van der Waals surface area (Å²) in [6.45, 7) is 2.23. The van der Waals surface area contributed by atoms with E-state index >= 15 is 0 Å². The van der Waals surface area contributed by atoms with Crippen molar-refractivity contribution in [3.8, 4) is 11.1 Å². The van der Waals surface area contributed by atoms with Gasteiger partial charge in [-0.1, -0.05) is 6.07 Å². The van der Waals surface area contributed by atoms with Crippen molar-refractivity contribution in [2.45, 2.75) is 6.92 Å². The Balaban J connectivity index is 2.02. The van der Waals surface area contributed by atoms with Gasteiger partial charge in [0.2, 0.25) is 0 Å². The summed E-state index contributed by atoms with van der Waals surface area (Å²) in [5.74, 6) is -0.235. The van der Waals surface area contributed by atoms with Crippen molar-refractivity contribution >= 4 is 38.7 Å². The molecule has 19 heavy (non-hydrogen) atoms. The van der Waals surface area contributed by atoms with Gasteiger partial charge in [-0.3, -0.25) is 0 Å². The first-order chi connectivity index (χ1) is 9.28. The van der Waals surface area contributed by atoms with Gasteiger partial charge in [0.1, 0.15) is 4.88 Å². The van der Waals surface area contributed by atoms with Crippen molar-refractivity contribution < 1.29 is 9.53 Å². The summed E-state index contributed by atoms with van der Waals surface area (Å²) in [5, 5.41) is 5.29. The van der Waals surface area contributed by atoms with Crippen LogP contribution in [0.25, 0.3) is 21.2 Å². The Morgan fingerprint density at radius 3 is 2.84 bits per heavy atom. The Hall–Kier alpha value is -1.65. The van der Waals surface area contributed by atoms with Gasteiger partial charge in [-0.05, 0) is 58.5 Å². The Kier molecular flexibility index (Phi) is 3.36. The highest BCUT2D eigenvalue weighted by Gasteiger charge is 2.11. The fourth-order valence-electron chi connectivity index (χ4n) is 1.95. The fraction of sp³-hybridized carbons (Fsp3) is 0.133. The van der Waals surface area contributed by atoms with Crippen molar-refractivity contribution in [2.75, 3.05) is 6.61 Å². The van der Waals surface area contributed by atoms with Gasteiger partial charge in [-0.25, -0.2) is 4.79 Å². The molecule has 0 aliphatic rings. The van der Waals surface area contributed by atoms with Gasteiger partial charge in [0.05, 0.1) is 6.61 Å². The molecule has 3 rings (SSSR count). The van der Waals surface area contributed by atoms with E-state index in [1.165, 1.54) is 22.5 Å². The summed E-state index contributed by atoms with van der Waals surface area (Å²) in [5.41, 5.74) is 2.40. The topological polar surface area (TPSA) is 26.3 Å². The third-order valence-electron chi connectivity index (χ3n) is 2.85. The average Bonchev–Trinajstić information content (AvgIpc) is 3.07. The van der Waals surface area contributed by atoms with E-state index in [2.05, 4.69) is 35.0 Å². The van der Waals surface area contributed by atoms with Gasteiger partial charge in [0, 0.05) is 4.70 Å². The molecule has 3 aromatic rings. The van der Waals surface area contributed by atoms with Crippen LogP contribution in [-0.4, -0.2) is 12.6 Å². The first-order valence-electron chi connectivity index (χ1n) is 6.01. The minimum atomic E-state index is -0.235. The zero-order valence-corrected chi connectivity index (χ0v) is 12.0. The number of ether oxygens (including phenoxy) is 1. The summed E-state index contributed by atoms with van der Waals surface area (Å²) in [4.78, 5) is 12.4. The van der Waals surface area contributed by atoms with Crippen molar-refractivity contribution in [1.29, 1.82) is 0 Å². The van der Waals surface area contributed by atoms with Gasteiger partial charge < -0.3 is 4.74 Å². The minimum absolute atomic E-state index is 0.235. The number of benzene rings is 1. The monoisotopic (exact) mass is 288 g/mol. The van der Waals surface area contributed by atoms with Crippen molar-refractivity contribution in [1.82, 2.24) is 0 Å². The maximum Gasteiger partial charge on any atom is 0.348 e. The van der Waals surface area contributed by atoms with Gasteiger partial charge in [-0.15, -0.1) is 11.3 Å². The summed E-state index contributed by atoms with van der Waals surface area (Å²) in [6, 6.07) is 10.3. The molecule has 0 spiro atoms. The molecule has 0 fully saturated rings. The molecule has 0 unspecified atom stereocenters. The Labute approximate surface area is 119 Å². The second-order valence-electron chi connectivity index (χ2n) is 4.10. The Morgan fingerprint density at radius 1 is 1.21 bits per heavy atom. The normalized spacial score (nSPS) is 10.8. The number of rotatable bonds is 3. The van der Waals surface area contributed by atoms with E-state index in [0.29, 0.717) is 11.5 Å². The molecule has 1 aromatic carbocycles. The molecule has 2 heterocycles. The standard InChI is InChI=1S/C15H12O2S2/c1-2-17-15(16)14-8-12-7-10(3-4-13(12)19-14)11-5-6-18-9-11/h3-9H,2H2,1H3. The largest absolute Gasteiger partial charge is 0.462 e. The van der Waals surface area contributed by atoms with Crippen LogP contribution in [0.4, 0.5) is 0 Å². The Bertz CT molecular complexity index is 711. The molecule has 0 aliphatic heterocycles. The lowest BCUT2D eigenvalue weighted by Crippen LogP contribution is -2.01. The van der Waals surface area contributed by atoms with E-state index in [0.717, 1.165) is 10.1 Å². The molecule has 0 N–H and O–H groups in total. The van der Waals surface area contributed by atoms with Crippen LogP contribution in [0.15, 0.2) is 41.1 Å². The minimum Gasteiger partial charge on any atom is -0.462 e. The van der Waals surface area contributed by atoms with Crippen LogP contribution in [0, 0.1) is 0 Å². The number of carbonyl (C=O) groups excluding carboxylic acids is 1. The molecule has 0 saturated carbocycles. The van der Waals surface area contributed by atoms with Gasteiger partial charge >= 0.3 is 5.97 Å². The zero-order valence-electron chi connectivity index (χ0n) is 10.4. The fourth-order valence-corrected chi connectivity index (χ4v) is 3.56. The van der Waals surface area contributed by atoms with Crippen molar-refractivity contribution in [3.05, 3.63) is 46.0 Å². The predicted molar refractivity (Wildman–Crippen MR) is 81.1 cm³/mol. The molecule has 4 heteroatoms. The highest BCUT2D eigenvalue weighted by atomic mass is 32.1. The van der Waals surface area contributed by atoms with Crippen LogP contribution in [0.3, 0.4) is 0 Å². The van der Waals surface area contributed by atoms with Crippen LogP contribution in [0.1, 0.15) is 16.6 Å². The Morgan fingerprint density at radius 2 is 2.11 bits per heavy atom. The zero-order chi connectivity index (χ0) is 13.2. The summed E-state index contributed by atoms with van der Waals surface area (Å²) in [7, 11) is 0. The van der Waals surface area contributed by atoms with Crippen LogP contribution in [-0.2, 0) is 4.74 Å². The molecule has 2 aromatic heterocycles.